The molecule has 0 atom stereocenters. The van der Waals surface area contributed by atoms with Crippen LogP contribution < -0.4 is 0 Å². The lowest BCUT2D eigenvalue weighted by atomic mass is 10.3. The Kier molecular flexibility index (Phi) is 4.54. The fourth-order valence-corrected chi connectivity index (χ4v) is 2.57. The van der Waals surface area contributed by atoms with Gasteiger partial charge < -0.3 is 0 Å². The Balaban J connectivity index is 2.57. The van der Waals surface area contributed by atoms with Crippen LogP contribution in [0.2, 0.25) is 0 Å². The summed E-state index contributed by atoms with van der Waals surface area (Å²) >= 11 is 32.3. The second-order valence-electron chi connectivity index (χ2n) is 3.34. The number of hydrogen-bond donors (Lipinski definition) is 0. The van der Waals surface area contributed by atoms with Crippen molar-refractivity contribution in [2.24, 2.45) is 0 Å². The molecule has 0 radical (unpaired) electrons. The number of alkyl halides is 5. The lowest BCUT2D eigenvalue weighted by Crippen LogP contribution is -2.35. The van der Waals surface area contributed by atoms with E-state index in [1.54, 1.807) is 0 Å². The first-order valence-corrected chi connectivity index (χ1v) is 7.31. The van der Waals surface area contributed by atoms with Crippen LogP contribution in [0.3, 0.4) is 0 Å². The van der Waals surface area contributed by atoms with E-state index in [0.29, 0.717) is 0 Å². The summed E-state index contributed by atoms with van der Waals surface area (Å²) in [5.41, 5.74) is -0.152. The number of rotatable bonds is 1. The first kappa shape index (κ1) is 16.3. The molecule has 2 aromatic heterocycles. The summed E-state index contributed by atoms with van der Waals surface area (Å²) in [5.74, 6) is 0. The smallest absolute Gasteiger partial charge is 0.243 e. The van der Waals surface area contributed by atoms with E-state index >= 15 is 0 Å². The molecule has 0 aromatic carbocycles. The highest BCUT2D eigenvalue weighted by Gasteiger charge is 2.52. The van der Waals surface area contributed by atoms with E-state index in [2.05, 4.69) is 36.6 Å². The molecule has 0 aliphatic rings. The van der Waals surface area contributed by atoms with Crippen molar-refractivity contribution in [3.8, 4) is 0 Å². The second-order valence-corrected chi connectivity index (χ2v) is 7.70. The third-order valence-electron chi connectivity index (χ3n) is 2.08. The Morgan fingerprint density at radius 2 is 1.85 bits per heavy atom. The number of carbonyl (C=O) groups is 1. The van der Waals surface area contributed by atoms with Crippen molar-refractivity contribution in [2.75, 3.05) is 0 Å². The van der Waals surface area contributed by atoms with Gasteiger partial charge in [0, 0.05) is 0 Å². The topological polar surface area (TPSA) is 78.5 Å². The van der Waals surface area contributed by atoms with Gasteiger partial charge in [0.1, 0.15) is 5.69 Å². The van der Waals surface area contributed by atoms with Crippen molar-refractivity contribution in [3.63, 3.8) is 0 Å². The predicted molar refractivity (Wildman–Crippen MR) is 77.6 cm³/mol. The molecule has 0 aliphatic carbocycles. The van der Waals surface area contributed by atoms with Gasteiger partial charge in [-0.2, -0.15) is 9.36 Å². The van der Waals surface area contributed by atoms with Crippen LogP contribution in [0.25, 0.3) is 0 Å². The van der Waals surface area contributed by atoms with Gasteiger partial charge in [-0.3, -0.25) is 0 Å². The molecule has 0 amide bonds. The second kappa shape index (κ2) is 5.58. The molecule has 0 N–H and O–H groups in total. The predicted octanol–water partition coefficient (Wildman–Crippen LogP) is 3.15. The van der Waals surface area contributed by atoms with Crippen molar-refractivity contribution in [3.05, 3.63) is 22.7 Å². The Bertz CT molecular complexity index is 635. The van der Waals surface area contributed by atoms with Crippen LogP contribution in [0.1, 0.15) is 5.69 Å². The van der Waals surface area contributed by atoms with Crippen LogP contribution in [0, 0.1) is 0 Å². The first-order valence-electron chi connectivity index (χ1n) is 4.63. The van der Waals surface area contributed by atoms with E-state index < -0.39 is 14.2 Å². The average molecular weight is 443 g/mol. The van der Waals surface area contributed by atoms with Crippen molar-refractivity contribution < 1.29 is 4.79 Å². The third kappa shape index (κ3) is 2.77. The largest absolute Gasteiger partial charge is 0.372 e. The van der Waals surface area contributed by atoms with E-state index in [-0.39, 0.29) is 10.3 Å². The van der Waals surface area contributed by atoms with Crippen LogP contribution in [-0.2, 0) is 4.33 Å². The van der Waals surface area contributed by atoms with Gasteiger partial charge >= 0.3 is 6.03 Å². The lowest BCUT2D eigenvalue weighted by Gasteiger charge is -2.27. The van der Waals surface area contributed by atoms with Crippen molar-refractivity contribution in [2.45, 2.75) is 8.13 Å². The van der Waals surface area contributed by atoms with Crippen LogP contribution in [-0.4, -0.2) is 39.8 Å². The number of nitrogens with zero attached hydrogens (tertiary/aromatic N) is 6. The first-order chi connectivity index (χ1) is 9.16. The zero-order valence-corrected chi connectivity index (χ0v) is 14.4. The minimum atomic E-state index is -2.14. The quantitative estimate of drug-likeness (QED) is 0.633. The van der Waals surface area contributed by atoms with Gasteiger partial charge in [-0.15, -0.1) is 10.2 Å². The molecule has 0 fully saturated rings. The molecule has 2 heterocycles. The standard InChI is InChI=1S/C7H2BrCl5N6O/c8-4-3(6(9,10)7(11,12)13)19(17-15-4)5(20)18-2-1-14-16-18/h1-2H. The molecule has 2 aromatic rings. The molecular formula is C7H2BrCl5N6O. The summed E-state index contributed by atoms with van der Waals surface area (Å²) in [6.45, 7) is 0. The van der Waals surface area contributed by atoms with Crippen LogP contribution in [0.15, 0.2) is 17.0 Å². The van der Waals surface area contributed by atoms with Crippen LogP contribution in [0.4, 0.5) is 4.79 Å². The lowest BCUT2D eigenvalue weighted by molar-refractivity contribution is 0.236. The van der Waals surface area contributed by atoms with Gasteiger partial charge in [0.25, 0.3) is 0 Å². The van der Waals surface area contributed by atoms with Gasteiger partial charge in [-0.25, -0.2) is 4.79 Å². The van der Waals surface area contributed by atoms with Gasteiger partial charge in [0.05, 0.1) is 12.4 Å². The molecule has 0 spiro atoms. The summed E-state index contributed by atoms with van der Waals surface area (Å²) in [6, 6.07) is -0.754. The maximum Gasteiger partial charge on any atom is 0.372 e. The van der Waals surface area contributed by atoms with E-state index in [0.717, 1.165) is 9.36 Å². The molecule has 0 unspecified atom stereocenters. The molecule has 7 nitrogen and oxygen atoms in total. The summed E-state index contributed by atoms with van der Waals surface area (Å²) < 4.78 is -2.55. The van der Waals surface area contributed by atoms with Gasteiger partial charge in [0.2, 0.25) is 8.13 Å². The summed E-state index contributed by atoms with van der Waals surface area (Å²) in [5, 5.41) is 14.2. The van der Waals surface area contributed by atoms with E-state index in [1.807, 2.05) is 0 Å². The minimum absolute atomic E-state index is 0.0438. The van der Waals surface area contributed by atoms with Crippen LogP contribution >= 0.6 is 73.9 Å². The van der Waals surface area contributed by atoms with Crippen molar-refractivity contribution >= 4 is 80.0 Å². The minimum Gasteiger partial charge on any atom is -0.243 e. The molecular weight excluding hydrogens is 441 g/mol. The highest BCUT2D eigenvalue weighted by molar-refractivity contribution is 9.10. The molecule has 20 heavy (non-hydrogen) atoms. The fraction of sp³-hybridized carbons (Fsp3) is 0.286. The Morgan fingerprint density at radius 3 is 2.35 bits per heavy atom. The molecule has 0 bridgehead atoms. The van der Waals surface area contributed by atoms with Gasteiger partial charge in [-0.05, 0) is 15.9 Å². The summed E-state index contributed by atoms with van der Waals surface area (Å²) in [6.07, 6.45) is 2.59. The van der Waals surface area contributed by atoms with Crippen molar-refractivity contribution in [1.29, 1.82) is 0 Å². The number of hydrogen-bond acceptors (Lipinski definition) is 5. The fourth-order valence-electron chi connectivity index (χ4n) is 1.20. The molecule has 2 rings (SSSR count). The zero-order valence-electron chi connectivity index (χ0n) is 9.01. The Labute approximate surface area is 145 Å². The Hall–Kier alpha value is -0.120. The van der Waals surface area contributed by atoms with Crippen molar-refractivity contribution in [1.82, 2.24) is 30.0 Å². The third-order valence-corrected chi connectivity index (χ3v) is 4.97. The SMILES string of the molecule is O=C(n1ccnn1)n1nnc(Br)c1C(Cl)(Cl)C(Cl)(Cl)Cl. The zero-order chi connectivity index (χ0) is 15.1. The maximum atomic E-state index is 12.2. The maximum absolute atomic E-state index is 12.2. The molecule has 0 saturated heterocycles. The van der Waals surface area contributed by atoms with E-state index in [1.165, 1.54) is 12.4 Å². The molecule has 0 aliphatic heterocycles. The highest BCUT2D eigenvalue weighted by Crippen LogP contribution is 2.54. The average Bonchev–Trinajstić information content (AvgIpc) is 2.95. The molecule has 13 heteroatoms. The highest BCUT2D eigenvalue weighted by atomic mass is 79.9. The normalized spacial score (nSPS) is 12.7. The molecule has 0 saturated carbocycles. The van der Waals surface area contributed by atoms with E-state index in [4.69, 9.17) is 58.0 Å². The van der Waals surface area contributed by atoms with Crippen LogP contribution in [0.5, 0.6) is 0 Å². The van der Waals surface area contributed by atoms with Gasteiger partial charge in [0.15, 0.2) is 4.60 Å². The number of carbonyl (C=O) groups excluding carboxylic acids is 1. The van der Waals surface area contributed by atoms with Gasteiger partial charge in [-0.1, -0.05) is 68.4 Å². The summed E-state index contributed by atoms with van der Waals surface area (Å²) in [4.78, 5) is 12.2. The molecule has 108 valence electrons. The Morgan fingerprint density at radius 1 is 1.20 bits per heavy atom. The number of aromatic nitrogens is 6. The summed E-state index contributed by atoms with van der Waals surface area (Å²) in [7, 11) is 0. The number of halogens is 6. The monoisotopic (exact) mass is 440 g/mol. The van der Waals surface area contributed by atoms with E-state index in [9.17, 15) is 4.79 Å².